The van der Waals surface area contributed by atoms with Gasteiger partial charge < -0.3 is 5.73 Å². The minimum absolute atomic E-state index is 0.00120. The van der Waals surface area contributed by atoms with Crippen LogP contribution >= 0.6 is 11.3 Å². The van der Waals surface area contributed by atoms with Gasteiger partial charge in [0.1, 0.15) is 0 Å². The van der Waals surface area contributed by atoms with E-state index in [2.05, 4.69) is 14.8 Å². The van der Waals surface area contributed by atoms with Crippen LogP contribution in [0.2, 0.25) is 0 Å². The van der Waals surface area contributed by atoms with Crippen molar-refractivity contribution in [2.45, 2.75) is 31.6 Å². The SMILES string of the molecule is Cc1c(S(=O)(=O)Nc2nc(C(C)C)cs2)c(N)nn1C. The number of hydrogen-bond donors (Lipinski definition) is 2. The van der Waals surface area contributed by atoms with Crippen molar-refractivity contribution in [1.29, 1.82) is 0 Å². The number of hydrogen-bond acceptors (Lipinski definition) is 6. The molecule has 0 aliphatic carbocycles. The molecule has 0 aromatic carbocycles. The van der Waals surface area contributed by atoms with Gasteiger partial charge in [0.15, 0.2) is 15.8 Å². The van der Waals surface area contributed by atoms with Crippen LogP contribution in [0.1, 0.15) is 31.2 Å². The van der Waals surface area contributed by atoms with Gasteiger partial charge in [0.05, 0.1) is 11.4 Å². The molecular weight excluding hydrogens is 298 g/mol. The van der Waals surface area contributed by atoms with Crippen LogP contribution < -0.4 is 10.5 Å². The van der Waals surface area contributed by atoms with Crippen molar-refractivity contribution in [3.05, 3.63) is 16.8 Å². The second-order valence-corrected chi connectivity index (χ2v) is 7.24. The van der Waals surface area contributed by atoms with Gasteiger partial charge in [0.25, 0.3) is 10.0 Å². The number of nitrogen functional groups attached to an aromatic ring is 1. The summed E-state index contributed by atoms with van der Waals surface area (Å²) in [6.07, 6.45) is 0. The Balaban J connectivity index is 2.35. The lowest BCUT2D eigenvalue weighted by Gasteiger charge is -2.05. The Kier molecular flexibility index (Phi) is 3.74. The standard InChI is InChI=1S/C11H17N5O2S2/c1-6(2)8-5-19-11(13-8)15-20(17,18)9-7(3)16(4)14-10(9)12/h5-6H,1-4H3,(H2,12,14)(H,13,15). The van der Waals surface area contributed by atoms with Crippen LogP contribution in [0.15, 0.2) is 10.3 Å². The molecule has 0 bridgehead atoms. The number of nitrogens with zero attached hydrogens (tertiary/aromatic N) is 3. The van der Waals surface area contributed by atoms with Crippen LogP contribution in [0.5, 0.6) is 0 Å². The highest BCUT2D eigenvalue weighted by molar-refractivity contribution is 7.93. The first-order valence-electron chi connectivity index (χ1n) is 5.99. The summed E-state index contributed by atoms with van der Waals surface area (Å²) in [6, 6.07) is 0. The fourth-order valence-corrected chi connectivity index (χ4v) is 4.16. The van der Waals surface area contributed by atoms with Crippen molar-refractivity contribution in [3.8, 4) is 0 Å². The third-order valence-corrected chi connectivity index (χ3v) is 5.32. The Bertz CT molecular complexity index is 730. The van der Waals surface area contributed by atoms with E-state index in [9.17, 15) is 8.42 Å². The number of nitrogens with one attached hydrogen (secondary N) is 1. The predicted molar refractivity (Wildman–Crippen MR) is 79.4 cm³/mol. The minimum atomic E-state index is -3.78. The maximum atomic E-state index is 12.4. The van der Waals surface area contributed by atoms with Crippen LogP contribution in [-0.2, 0) is 17.1 Å². The molecule has 0 fully saturated rings. The minimum Gasteiger partial charge on any atom is -0.381 e. The second-order valence-electron chi connectivity index (χ2n) is 4.76. The highest BCUT2D eigenvalue weighted by Gasteiger charge is 2.25. The van der Waals surface area contributed by atoms with Crippen LogP contribution in [0.4, 0.5) is 10.9 Å². The van der Waals surface area contributed by atoms with E-state index < -0.39 is 10.0 Å². The quantitative estimate of drug-likeness (QED) is 0.893. The van der Waals surface area contributed by atoms with Gasteiger partial charge in [-0.3, -0.25) is 9.40 Å². The monoisotopic (exact) mass is 315 g/mol. The van der Waals surface area contributed by atoms with Crippen LogP contribution in [0, 0.1) is 6.92 Å². The van der Waals surface area contributed by atoms with Gasteiger partial charge in [-0.2, -0.15) is 5.10 Å². The Morgan fingerprint density at radius 2 is 2.10 bits per heavy atom. The van der Waals surface area contributed by atoms with Crippen LogP contribution in [0.3, 0.4) is 0 Å². The molecule has 110 valence electrons. The number of aryl methyl sites for hydroxylation is 1. The summed E-state index contributed by atoms with van der Waals surface area (Å²) in [6.45, 7) is 5.65. The first-order valence-corrected chi connectivity index (χ1v) is 8.36. The molecular formula is C11H17N5O2S2. The molecule has 0 radical (unpaired) electrons. The smallest absolute Gasteiger partial charge is 0.269 e. The van der Waals surface area contributed by atoms with Crippen molar-refractivity contribution in [2.24, 2.45) is 7.05 Å². The fraction of sp³-hybridized carbons (Fsp3) is 0.455. The van der Waals surface area contributed by atoms with Crippen LogP contribution in [0.25, 0.3) is 0 Å². The first-order chi connectivity index (χ1) is 9.22. The maximum Gasteiger partial charge on any atom is 0.269 e. The first kappa shape index (κ1) is 14.8. The van der Waals surface area contributed by atoms with Gasteiger partial charge in [-0.1, -0.05) is 13.8 Å². The molecule has 20 heavy (non-hydrogen) atoms. The summed E-state index contributed by atoms with van der Waals surface area (Å²) in [5, 5.41) is 6.08. The molecule has 2 aromatic rings. The van der Waals surface area contributed by atoms with Crippen molar-refractivity contribution >= 4 is 32.3 Å². The van der Waals surface area contributed by atoms with Crippen molar-refractivity contribution in [2.75, 3.05) is 10.5 Å². The second kappa shape index (κ2) is 5.06. The van der Waals surface area contributed by atoms with Crippen molar-refractivity contribution < 1.29 is 8.42 Å². The molecule has 0 spiro atoms. The average Bonchev–Trinajstić information content (AvgIpc) is 2.84. The molecule has 2 aromatic heterocycles. The van der Waals surface area contributed by atoms with E-state index in [0.29, 0.717) is 10.8 Å². The summed E-state index contributed by atoms with van der Waals surface area (Å²) in [5.41, 5.74) is 7.00. The number of anilines is 2. The summed E-state index contributed by atoms with van der Waals surface area (Å²) < 4.78 is 28.6. The highest BCUT2D eigenvalue weighted by Crippen LogP contribution is 2.27. The number of sulfonamides is 1. The Hall–Kier alpha value is -1.61. The van der Waals surface area contributed by atoms with Gasteiger partial charge in [-0.05, 0) is 12.8 Å². The average molecular weight is 315 g/mol. The van der Waals surface area contributed by atoms with Crippen molar-refractivity contribution in [1.82, 2.24) is 14.8 Å². The third-order valence-electron chi connectivity index (χ3n) is 2.91. The van der Waals surface area contributed by atoms with Crippen LogP contribution in [-0.4, -0.2) is 23.2 Å². The summed E-state index contributed by atoms with van der Waals surface area (Å²) in [5.74, 6) is 0.229. The fourth-order valence-electron chi connectivity index (χ4n) is 1.71. The zero-order valence-corrected chi connectivity index (χ0v) is 13.3. The Morgan fingerprint density at radius 1 is 1.45 bits per heavy atom. The lowest BCUT2D eigenvalue weighted by atomic mass is 10.2. The lowest BCUT2D eigenvalue weighted by Crippen LogP contribution is -2.15. The molecule has 0 saturated carbocycles. The zero-order chi connectivity index (χ0) is 15.1. The van der Waals surface area contributed by atoms with E-state index in [1.165, 1.54) is 16.0 Å². The number of nitrogens with two attached hydrogens (primary N) is 1. The normalized spacial score (nSPS) is 12.1. The molecule has 3 N–H and O–H groups in total. The van der Waals surface area contributed by atoms with E-state index in [4.69, 9.17) is 5.73 Å². The molecule has 9 heteroatoms. The lowest BCUT2D eigenvalue weighted by molar-refractivity contribution is 0.600. The topological polar surface area (TPSA) is 103 Å². The molecule has 0 aliphatic heterocycles. The van der Waals surface area contributed by atoms with E-state index >= 15 is 0 Å². The summed E-state index contributed by atoms with van der Waals surface area (Å²) >= 11 is 1.25. The molecule has 7 nitrogen and oxygen atoms in total. The highest BCUT2D eigenvalue weighted by atomic mass is 32.2. The Morgan fingerprint density at radius 3 is 2.55 bits per heavy atom. The van der Waals surface area contributed by atoms with E-state index in [-0.39, 0.29) is 16.6 Å². The van der Waals surface area contributed by atoms with E-state index in [1.54, 1.807) is 14.0 Å². The Labute approximate surface area is 121 Å². The zero-order valence-electron chi connectivity index (χ0n) is 11.7. The molecule has 0 saturated heterocycles. The van der Waals surface area contributed by atoms with Gasteiger partial charge >= 0.3 is 0 Å². The number of aromatic nitrogens is 3. The maximum absolute atomic E-state index is 12.4. The van der Waals surface area contributed by atoms with E-state index in [1.807, 2.05) is 19.2 Å². The molecule has 0 unspecified atom stereocenters. The van der Waals surface area contributed by atoms with Gasteiger partial charge in [-0.15, -0.1) is 11.3 Å². The molecule has 0 aliphatic rings. The van der Waals surface area contributed by atoms with Crippen molar-refractivity contribution in [3.63, 3.8) is 0 Å². The summed E-state index contributed by atoms with van der Waals surface area (Å²) in [4.78, 5) is 4.25. The number of thiazole rings is 1. The van der Waals surface area contributed by atoms with E-state index in [0.717, 1.165) is 5.69 Å². The van der Waals surface area contributed by atoms with Gasteiger partial charge in [-0.25, -0.2) is 13.4 Å². The third kappa shape index (κ3) is 2.63. The molecule has 0 atom stereocenters. The molecule has 2 heterocycles. The predicted octanol–water partition coefficient (Wildman–Crippen LogP) is 1.69. The van der Waals surface area contributed by atoms with Gasteiger partial charge in [0, 0.05) is 12.4 Å². The van der Waals surface area contributed by atoms with Gasteiger partial charge in [0.2, 0.25) is 0 Å². The summed E-state index contributed by atoms with van der Waals surface area (Å²) in [7, 11) is -2.13. The molecule has 0 amide bonds. The number of rotatable bonds is 4. The molecule has 2 rings (SSSR count). The largest absolute Gasteiger partial charge is 0.381 e.